The first-order valence-electron chi connectivity index (χ1n) is 13.3. The molecule has 5 heteroatoms. The summed E-state index contributed by atoms with van der Waals surface area (Å²) >= 11 is 0. The van der Waals surface area contributed by atoms with E-state index in [0.29, 0.717) is 6.04 Å². The van der Waals surface area contributed by atoms with Crippen LogP contribution < -0.4 is 14.8 Å². The van der Waals surface area contributed by atoms with Crippen molar-refractivity contribution in [2.24, 2.45) is 0 Å². The molecule has 1 N–H and O–H groups in total. The molecule has 0 aromatic heterocycles. The zero-order valence-electron chi connectivity index (χ0n) is 22.6. The first-order chi connectivity index (χ1) is 18.0. The van der Waals surface area contributed by atoms with Gasteiger partial charge in [0.05, 0.1) is 14.2 Å². The van der Waals surface area contributed by atoms with E-state index < -0.39 is 0 Å². The van der Waals surface area contributed by atoms with E-state index in [4.69, 9.17) is 9.47 Å². The van der Waals surface area contributed by atoms with Gasteiger partial charge in [-0.3, -0.25) is 4.79 Å². The van der Waals surface area contributed by atoms with Gasteiger partial charge >= 0.3 is 0 Å². The van der Waals surface area contributed by atoms with E-state index >= 15 is 0 Å². The van der Waals surface area contributed by atoms with Crippen LogP contribution in [-0.4, -0.2) is 50.2 Å². The molecule has 4 rings (SSSR count). The molecule has 1 amide bonds. The summed E-state index contributed by atoms with van der Waals surface area (Å²) < 4.78 is 11.1. The molecule has 1 aliphatic rings. The number of methoxy groups -OCH3 is 2. The third-order valence-corrected chi connectivity index (χ3v) is 7.33. The Morgan fingerprint density at radius 2 is 1.62 bits per heavy atom. The van der Waals surface area contributed by atoms with Gasteiger partial charge in [-0.15, -0.1) is 0 Å². The van der Waals surface area contributed by atoms with Gasteiger partial charge in [-0.1, -0.05) is 53.6 Å². The zero-order chi connectivity index (χ0) is 26.2. The van der Waals surface area contributed by atoms with Gasteiger partial charge in [0.15, 0.2) is 0 Å². The van der Waals surface area contributed by atoms with Crippen molar-refractivity contribution < 1.29 is 14.3 Å². The molecular formula is C32H40N2O3. The predicted molar refractivity (Wildman–Crippen MR) is 150 cm³/mol. The van der Waals surface area contributed by atoms with Crippen LogP contribution in [0.3, 0.4) is 0 Å². The highest BCUT2D eigenvalue weighted by Gasteiger charge is 2.32. The number of hydrogen-bond acceptors (Lipinski definition) is 4. The van der Waals surface area contributed by atoms with Gasteiger partial charge in [-0.25, -0.2) is 0 Å². The number of amides is 1. The fraction of sp³-hybridized carbons (Fsp3) is 0.406. The van der Waals surface area contributed by atoms with Gasteiger partial charge in [0.25, 0.3) is 5.91 Å². The van der Waals surface area contributed by atoms with Crippen LogP contribution in [0.1, 0.15) is 51.9 Å². The SMILES string of the molecule is COc1cccc(OC)c1CCCN[C@H]1CCN(C(=O)c2cc(C)cc(C)c2)[C@@H](Cc2ccccc2)C1. The molecule has 1 fully saturated rings. The van der Waals surface area contributed by atoms with Gasteiger partial charge in [-0.2, -0.15) is 0 Å². The van der Waals surface area contributed by atoms with Crippen LogP contribution in [0.15, 0.2) is 66.7 Å². The Hall–Kier alpha value is -3.31. The molecule has 1 saturated heterocycles. The molecule has 196 valence electrons. The van der Waals surface area contributed by atoms with E-state index in [1.165, 1.54) is 5.56 Å². The Morgan fingerprint density at radius 3 is 2.27 bits per heavy atom. The molecule has 0 spiro atoms. The van der Waals surface area contributed by atoms with Crippen molar-refractivity contribution in [3.8, 4) is 11.5 Å². The predicted octanol–water partition coefficient (Wildman–Crippen LogP) is 5.76. The van der Waals surface area contributed by atoms with E-state index in [1.807, 2.05) is 36.4 Å². The summed E-state index contributed by atoms with van der Waals surface area (Å²) in [6.45, 7) is 5.79. The van der Waals surface area contributed by atoms with Crippen LogP contribution >= 0.6 is 0 Å². The molecule has 0 unspecified atom stereocenters. The lowest BCUT2D eigenvalue weighted by Crippen LogP contribution is -2.52. The number of nitrogens with one attached hydrogen (secondary N) is 1. The summed E-state index contributed by atoms with van der Waals surface area (Å²) in [6.07, 6.45) is 4.65. The average molecular weight is 501 g/mol. The van der Waals surface area contributed by atoms with Crippen molar-refractivity contribution in [3.05, 3.63) is 94.5 Å². The number of hydrogen-bond donors (Lipinski definition) is 1. The van der Waals surface area contributed by atoms with Crippen molar-refractivity contribution in [1.29, 1.82) is 0 Å². The summed E-state index contributed by atoms with van der Waals surface area (Å²) in [6, 6.07) is 23.2. The molecule has 0 aliphatic carbocycles. The number of nitrogens with zero attached hydrogens (tertiary/aromatic N) is 1. The normalized spacial score (nSPS) is 17.5. The van der Waals surface area contributed by atoms with Crippen molar-refractivity contribution in [3.63, 3.8) is 0 Å². The molecule has 3 aromatic carbocycles. The van der Waals surface area contributed by atoms with Crippen LogP contribution in [-0.2, 0) is 12.8 Å². The van der Waals surface area contributed by atoms with Crippen molar-refractivity contribution in [2.75, 3.05) is 27.3 Å². The average Bonchev–Trinajstić information content (AvgIpc) is 2.90. The monoisotopic (exact) mass is 500 g/mol. The summed E-state index contributed by atoms with van der Waals surface area (Å²) in [5, 5.41) is 3.78. The number of piperidine rings is 1. The highest BCUT2D eigenvalue weighted by Crippen LogP contribution is 2.29. The Labute approximate surface area is 221 Å². The largest absolute Gasteiger partial charge is 0.496 e. The second-order valence-corrected chi connectivity index (χ2v) is 10.1. The highest BCUT2D eigenvalue weighted by atomic mass is 16.5. The number of ether oxygens (including phenoxy) is 2. The number of likely N-dealkylation sites (tertiary alicyclic amines) is 1. The minimum atomic E-state index is 0.148. The molecule has 5 nitrogen and oxygen atoms in total. The highest BCUT2D eigenvalue weighted by molar-refractivity contribution is 5.95. The lowest BCUT2D eigenvalue weighted by Gasteiger charge is -2.40. The molecule has 0 bridgehead atoms. The third kappa shape index (κ3) is 6.92. The maximum atomic E-state index is 13.6. The minimum Gasteiger partial charge on any atom is -0.496 e. The van der Waals surface area contributed by atoms with Gasteiger partial charge in [-0.05, 0) is 82.3 Å². The standard InChI is InChI=1S/C32H40N2O3/c1-23-18-24(2)20-26(19-23)32(35)34-17-15-27(22-28(34)21-25-10-6-5-7-11-25)33-16-9-12-29-30(36-3)13-8-14-31(29)37-4/h5-8,10-11,13-14,18-20,27-28,33H,9,12,15-17,21-22H2,1-4H3/t27-,28-/m0/s1. The van der Waals surface area contributed by atoms with Gasteiger partial charge in [0.2, 0.25) is 0 Å². The van der Waals surface area contributed by atoms with E-state index in [1.54, 1.807) is 14.2 Å². The molecular weight excluding hydrogens is 460 g/mol. The Kier molecular flexibility index (Phi) is 9.24. The molecule has 1 heterocycles. The van der Waals surface area contributed by atoms with E-state index in [-0.39, 0.29) is 11.9 Å². The number of carbonyl (C=O) groups is 1. The summed E-state index contributed by atoms with van der Waals surface area (Å²) in [7, 11) is 3.41. The van der Waals surface area contributed by atoms with E-state index in [2.05, 4.69) is 54.4 Å². The quantitative estimate of drug-likeness (QED) is 0.360. The lowest BCUT2D eigenvalue weighted by molar-refractivity contribution is 0.0577. The van der Waals surface area contributed by atoms with E-state index in [0.717, 1.165) is 78.9 Å². The number of aryl methyl sites for hydroxylation is 2. The fourth-order valence-electron chi connectivity index (χ4n) is 5.59. The van der Waals surface area contributed by atoms with Crippen LogP contribution in [0.2, 0.25) is 0 Å². The number of carbonyl (C=O) groups excluding carboxylic acids is 1. The fourth-order valence-corrected chi connectivity index (χ4v) is 5.59. The van der Waals surface area contributed by atoms with Crippen LogP contribution in [0.5, 0.6) is 11.5 Å². The molecule has 3 aromatic rings. The molecule has 37 heavy (non-hydrogen) atoms. The van der Waals surface area contributed by atoms with Crippen LogP contribution in [0, 0.1) is 13.8 Å². The Morgan fingerprint density at radius 1 is 0.946 bits per heavy atom. The van der Waals surface area contributed by atoms with Gasteiger partial charge in [0.1, 0.15) is 11.5 Å². The Balaban J connectivity index is 1.41. The summed E-state index contributed by atoms with van der Waals surface area (Å²) in [5.41, 5.74) is 5.45. The van der Waals surface area contributed by atoms with E-state index in [9.17, 15) is 4.79 Å². The van der Waals surface area contributed by atoms with Crippen molar-refractivity contribution in [2.45, 2.75) is 58.0 Å². The third-order valence-electron chi connectivity index (χ3n) is 7.33. The maximum Gasteiger partial charge on any atom is 0.254 e. The smallest absolute Gasteiger partial charge is 0.254 e. The number of benzene rings is 3. The summed E-state index contributed by atoms with van der Waals surface area (Å²) in [5.74, 6) is 1.90. The maximum absolute atomic E-state index is 13.6. The van der Waals surface area contributed by atoms with Crippen molar-refractivity contribution in [1.82, 2.24) is 10.2 Å². The zero-order valence-corrected chi connectivity index (χ0v) is 22.6. The number of rotatable bonds is 10. The second kappa shape index (κ2) is 12.8. The molecule has 0 saturated carbocycles. The van der Waals surface area contributed by atoms with Crippen LogP contribution in [0.4, 0.5) is 0 Å². The van der Waals surface area contributed by atoms with Crippen LogP contribution in [0.25, 0.3) is 0 Å². The van der Waals surface area contributed by atoms with Gasteiger partial charge in [0, 0.05) is 29.8 Å². The first-order valence-corrected chi connectivity index (χ1v) is 13.3. The first kappa shape index (κ1) is 26.7. The molecule has 2 atom stereocenters. The molecule has 0 radical (unpaired) electrons. The molecule has 1 aliphatic heterocycles. The minimum absolute atomic E-state index is 0.148. The second-order valence-electron chi connectivity index (χ2n) is 10.1. The Bertz CT molecular complexity index is 1140. The lowest BCUT2D eigenvalue weighted by atomic mass is 9.91. The summed E-state index contributed by atoms with van der Waals surface area (Å²) in [4.78, 5) is 15.7. The van der Waals surface area contributed by atoms with Gasteiger partial charge < -0.3 is 19.7 Å². The van der Waals surface area contributed by atoms with Crippen molar-refractivity contribution >= 4 is 5.91 Å². The topological polar surface area (TPSA) is 50.8 Å².